The van der Waals surface area contributed by atoms with Crippen LogP contribution in [-0.4, -0.2) is 4.57 Å². The first-order chi connectivity index (χ1) is 37.2. The van der Waals surface area contributed by atoms with Gasteiger partial charge >= 0.3 is 0 Å². The summed E-state index contributed by atoms with van der Waals surface area (Å²) in [4.78, 5) is 0. The molecule has 3 aliphatic carbocycles. The Morgan fingerprint density at radius 3 is 1.33 bits per heavy atom. The molecule has 0 unspecified atom stereocenters. The van der Waals surface area contributed by atoms with Crippen LogP contribution in [-0.2, 0) is 6.42 Å². The van der Waals surface area contributed by atoms with E-state index in [-0.39, 0.29) is 0 Å². The Hall–Kier alpha value is -9.08. The Balaban J connectivity index is 0.000000105. The van der Waals surface area contributed by atoms with Crippen molar-refractivity contribution >= 4 is 124 Å². The molecule has 0 aliphatic heterocycles. The largest absolute Gasteiger partial charge is 0.309 e. The van der Waals surface area contributed by atoms with Crippen LogP contribution in [0.3, 0.4) is 0 Å². The predicted molar refractivity (Wildman–Crippen MR) is 324 cm³/mol. The summed E-state index contributed by atoms with van der Waals surface area (Å²) in [6.07, 6.45) is 1.08. The van der Waals surface area contributed by atoms with Gasteiger partial charge in [0.15, 0.2) is 0 Å². The molecule has 3 aliphatic rings. The van der Waals surface area contributed by atoms with Crippen molar-refractivity contribution in [3.05, 3.63) is 282 Å². The number of hydrogen-bond acceptors (Lipinski definition) is 0. The molecule has 14 aromatic carbocycles. The highest BCUT2D eigenvalue weighted by molar-refractivity contribution is 9.10. The zero-order valence-corrected chi connectivity index (χ0v) is 42.4. The van der Waals surface area contributed by atoms with E-state index < -0.39 is 0 Å². The number of fused-ring (bicyclic) bond motifs is 21. The molecule has 1 aromatic heterocycles. The maximum atomic E-state index is 3.58. The molecular formula is C73H44BrN. The molecule has 0 spiro atoms. The molecule has 2 heteroatoms. The molecule has 0 fully saturated rings. The molecule has 15 aromatic rings. The van der Waals surface area contributed by atoms with E-state index >= 15 is 0 Å². The fraction of sp³-hybridized carbons (Fsp3) is 0.0137. The minimum Gasteiger partial charge on any atom is -0.309 e. The summed E-state index contributed by atoms with van der Waals surface area (Å²) in [5, 5.41) is 22.5. The molecule has 0 atom stereocenters. The molecule has 18 rings (SSSR count). The standard InChI is InChI=1S/C36H21N.C19H12.C18H11Br/c1-2-13-26-24(11-1)25-12-3-4-14-27(25)32-21-23(19-20-28(26)32)37-33-18-6-5-15-29(33)35-30-16-7-9-22-10-8-17-31(34(22)30)36(35)37;1-2-8-14-13(5-1)11-17-15-9-3-6-12-7-4-10-16(18(12)15)19(14)17;19-12-9-10-17-15-7-2-1-5-13(15)14-6-3-4-8-16(14)18(17)11-12/h1-21H;1-10H,11H2;1-11H. The van der Waals surface area contributed by atoms with Crippen LogP contribution in [0.15, 0.2) is 259 Å². The molecule has 75 heavy (non-hydrogen) atoms. The number of halogens is 1. The van der Waals surface area contributed by atoms with E-state index in [0.717, 1.165) is 10.9 Å². The highest BCUT2D eigenvalue weighted by atomic mass is 79.9. The van der Waals surface area contributed by atoms with Crippen molar-refractivity contribution in [2.75, 3.05) is 0 Å². The fourth-order valence-electron chi connectivity index (χ4n) is 13.4. The molecule has 0 saturated heterocycles. The Morgan fingerprint density at radius 2 is 0.733 bits per heavy atom. The lowest BCUT2D eigenvalue weighted by Crippen LogP contribution is -1.97. The van der Waals surface area contributed by atoms with Gasteiger partial charge in [0.1, 0.15) is 0 Å². The quantitative estimate of drug-likeness (QED) is 0.144. The average molecular weight is 1020 g/mol. The smallest absolute Gasteiger partial charge is 0.0626 e. The van der Waals surface area contributed by atoms with Crippen LogP contribution in [0.5, 0.6) is 0 Å². The van der Waals surface area contributed by atoms with Gasteiger partial charge < -0.3 is 4.57 Å². The monoisotopic (exact) mass is 1010 g/mol. The lowest BCUT2D eigenvalue weighted by Gasteiger charge is -2.15. The van der Waals surface area contributed by atoms with Crippen molar-refractivity contribution < 1.29 is 0 Å². The lowest BCUT2D eigenvalue weighted by molar-refractivity contribution is 1.15. The number of benzene rings is 14. The van der Waals surface area contributed by atoms with Crippen molar-refractivity contribution in [2.45, 2.75) is 6.42 Å². The minimum absolute atomic E-state index is 1.08. The Kier molecular flexibility index (Phi) is 9.32. The highest BCUT2D eigenvalue weighted by Crippen LogP contribution is 2.54. The molecule has 0 bridgehead atoms. The van der Waals surface area contributed by atoms with Crippen molar-refractivity contribution in [3.8, 4) is 28.1 Å². The van der Waals surface area contributed by atoms with Crippen LogP contribution in [0.2, 0.25) is 0 Å². The number of nitrogens with zero attached hydrogens (tertiary/aromatic N) is 1. The molecule has 0 saturated carbocycles. The van der Waals surface area contributed by atoms with Crippen molar-refractivity contribution in [3.63, 3.8) is 0 Å². The summed E-state index contributed by atoms with van der Waals surface area (Å²) >= 11 is 3.58. The zero-order valence-electron chi connectivity index (χ0n) is 40.8. The normalized spacial score (nSPS) is 12.8. The average Bonchev–Trinajstić information content (AvgIpc) is 4.34. The molecule has 1 nitrogen and oxygen atoms in total. The SMILES string of the molecule is Brc1ccc2c3ccccc3c3ccccc3c2c1.c1cc2c3c(cccc3c1)-c1c-2c2ccccc2n1-c1ccc2c3ccccc3c3ccccc3c2c1.c1ccc2c(c1)CC1=C2c2cccc3cccc1c23. The highest BCUT2D eigenvalue weighted by Gasteiger charge is 2.31. The summed E-state index contributed by atoms with van der Waals surface area (Å²) in [6, 6.07) is 92.9. The summed E-state index contributed by atoms with van der Waals surface area (Å²) in [5.41, 5.74) is 16.5. The number of para-hydroxylation sites is 1. The van der Waals surface area contributed by atoms with E-state index in [2.05, 4.69) is 275 Å². The van der Waals surface area contributed by atoms with Crippen LogP contribution in [0.25, 0.3) is 136 Å². The van der Waals surface area contributed by atoms with Gasteiger partial charge in [0.2, 0.25) is 0 Å². The summed E-state index contributed by atoms with van der Waals surface area (Å²) in [5.74, 6) is 0. The maximum absolute atomic E-state index is 3.58. The summed E-state index contributed by atoms with van der Waals surface area (Å²) < 4.78 is 3.61. The van der Waals surface area contributed by atoms with E-state index in [1.807, 2.05) is 0 Å². The molecule has 1 heterocycles. The second-order valence-corrected chi connectivity index (χ2v) is 21.2. The van der Waals surface area contributed by atoms with Crippen molar-refractivity contribution in [1.29, 1.82) is 0 Å². The molecule has 348 valence electrons. The van der Waals surface area contributed by atoms with E-state index in [1.54, 1.807) is 0 Å². The Morgan fingerprint density at radius 1 is 0.307 bits per heavy atom. The van der Waals surface area contributed by atoms with Crippen LogP contribution in [0.4, 0.5) is 0 Å². The van der Waals surface area contributed by atoms with Gasteiger partial charge in [-0.2, -0.15) is 0 Å². The Labute approximate surface area is 442 Å². The van der Waals surface area contributed by atoms with E-state index in [4.69, 9.17) is 0 Å². The predicted octanol–water partition coefficient (Wildman–Crippen LogP) is 20.5. The number of allylic oxidation sites excluding steroid dienone is 1. The van der Waals surface area contributed by atoms with Gasteiger partial charge in [-0.3, -0.25) is 0 Å². The second kappa shape index (κ2) is 16.5. The maximum Gasteiger partial charge on any atom is 0.0626 e. The third-order valence-corrected chi connectivity index (χ3v) is 16.9. The third-order valence-electron chi connectivity index (χ3n) is 16.5. The van der Waals surface area contributed by atoms with Crippen LogP contribution >= 0.6 is 15.9 Å². The van der Waals surface area contributed by atoms with Gasteiger partial charge in [-0.05, 0) is 162 Å². The van der Waals surface area contributed by atoms with Gasteiger partial charge in [0.05, 0.1) is 11.2 Å². The van der Waals surface area contributed by atoms with Gasteiger partial charge in [0.25, 0.3) is 0 Å². The number of hydrogen-bond donors (Lipinski definition) is 0. The zero-order chi connectivity index (χ0) is 49.3. The van der Waals surface area contributed by atoms with Crippen LogP contribution in [0, 0.1) is 0 Å². The number of rotatable bonds is 1. The first-order valence-electron chi connectivity index (χ1n) is 26.0. The van der Waals surface area contributed by atoms with E-state index in [9.17, 15) is 0 Å². The van der Waals surface area contributed by atoms with Crippen molar-refractivity contribution in [1.82, 2.24) is 4.57 Å². The Bertz CT molecular complexity index is 4910. The van der Waals surface area contributed by atoms with Gasteiger partial charge in [-0.15, -0.1) is 0 Å². The molecule has 0 N–H and O–H groups in total. The summed E-state index contributed by atoms with van der Waals surface area (Å²) in [7, 11) is 0. The van der Waals surface area contributed by atoms with E-state index in [0.29, 0.717) is 0 Å². The van der Waals surface area contributed by atoms with Gasteiger partial charge in [-0.1, -0.05) is 240 Å². The van der Waals surface area contributed by atoms with Crippen LogP contribution in [0.1, 0.15) is 22.3 Å². The topological polar surface area (TPSA) is 4.93 Å². The third kappa shape index (κ3) is 6.24. The second-order valence-electron chi connectivity index (χ2n) is 20.3. The molecular weight excluding hydrogens is 971 g/mol. The van der Waals surface area contributed by atoms with Crippen molar-refractivity contribution in [2.24, 2.45) is 0 Å². The number of aromatic nitrogens is 1. The fourth-order valence-corrected chi connectivity index (χ4v) is 13.8. The van der Waals surface area contributed by atoms with Gasteiger partial charge in [-0.25, -0.2) is 0 Å². The van der Waals surface area contributed by atoms with Crippen LogP contribution < -0.4 is 0 Å². The minimum atomic E-state index is 1.08. The van der Waals surface area contributed by atoms with Gasteiger partial charge in [0, 0.05) is 26.7 Å². The first kappa shape index (κ1) is 42.4. The lowest BCUT2D eigenvalue weighted by atomic mass is 9.94. The molecule has 0 amide bonds. The first-order valence-corrected chi connectivity index (χ1v) is 26.8. The molecule has 0 radical (unpaired) electrons. The summed E-state index contributed by atoms with van der Waals surface area (Å²) in [6.45, 7) is 0. The van der Waals surface area contributed by atoms with E-state index in [1.165, 1.54) is 159 Å².